The van der Waals surface area contributed by atoms with Crippen molar-refractivity contribution in [1.82, 2.24) is 20.7 Å². The first-order chi connectivity index (χ1) is 17.1. The molecule has 3 aromatic rings. The molecule has 0 aliphatic carbocycles. The molecule has 12 heteroatoms. The quantitative estimate of drug-likeness (QED) is 0.275. The number of aromatic nitrogens is 3. The molecule has 0 radical (unpaired) electrons. The summed E-state index contributed by atoms with van der Waals surface area (Å²) >= 11 is 0. The third-order valence-corrected chi connectivity index (χ3v) is 5.81. The summed E-state index contributed by atoms with van der Waals surface area (Å²) in [6, 6.07) is 12.9. The molecule has 1 amide bonds. The van der Waals surface area contributed by atoms with E-state index in [4.69, 9.17) is 8.92 Å². The Balaban J connectivity index is 1.81. The predicted octanol–water partition coefficient (Wildman–Crippen LogP) is 2.50. The van der Waals surface area contributed by atoms with Gasteiger partial charge in [-0.3, -0.25) is 13.8 Å². The highest BCUT2D eigenvalue weighted by atomic mass is 32.2. The number of rotatable bonds is 12. The maximum absolute atomic E-state index is 13.6. The van der Waals surface area contributed by atoms with Crippen LogP contribution in [0.2, 0.25) is 0 Å². The Morgan fingerprint density at radius 1 is 1.14 bits per heavy atom. The minimum atomic E-state index is -3.80. The van der Waals surface area contributed by atoms with Gasteiger partial charge in [-0.2, -0.15) is 23.8 Å². The van der Waals surface area contributed by atoms with Crippen LogP contribution in [0.3, 0.4) is 0 Å². The molecule has 2 aromatic carbocycles. The number of carbonyl (C=O) groups is 2. The van der Waals surface area contributed by atoms with Gasteiger partial charge in [0.1, 0.15) is 5.82 Å². The van der Waals surface area contributed by atoms with Crippen molar-refractivity contribution < 1.29 is 31.3 Å². The number of carbonyl (C=O) groups excluding carboxylic acids is 2. The van der Waals surface area contributed by atoms with E-state index in [1.807, 2.05) is 24.3 Å². The van der Waals surface area contributed by atoms with Crippen molar-refractivity contribution in [2.24, 2.45) is 5.92 Å². The van der Waals surface area contributed by atoms with Gasteiger partial charge >= 0.3 is 5.97 Å². The Bertz CT molecular complexity index is 1270. The lowest BCUT2D eigenvalue weighted by Crippen LogP contribution is -2.40. The lowest BCUT2D eigenvalue weighted by Gasteiger charge is -2.23. The zero-order valence-electron chi connectivity index (χ0n) is 19.8. The third-order valence-electron chi connectivity index (χ3n) is 5.25. The summed E-state index contributed by atoms with van der Waals surface area (Å²) in [5.74, 6) is -2.44. The van der Waals surface area contributed by atoms with Gasteiger partial charge in [0, 0.05) is 6.04 Å². The fourth-order valence-corrected chi connectivity index (χ4v) is 4.00. The van der Waals surface area contributed by atoms with E-state index in [-0.39, 0.29) is 24.5 Å². The Morgan fingerprint density at radius 2 is 1.89 bits per heavy atom. The highest BCUT2D eigenvalue weighted by Gasteiger charge is 2.28. The number of hydrogen-bond acceptors (Lipinski definition) is 8. The summed E-state index contributed by atoms with van der Waals surface area (Å²) in [5.41, 5.74) is 2.42. The van der Waals surface area contributed by atoms with Crippen LogP contribution in [0, 0.1) is 11.7 Å². The number of nitrogens with zero attached hydrogens (tertiary/aromatic N) is 2. The molecule has 10 nitrogen and oxygen atoms in total. The lowest BCUT2D eigenvalue weighted by atomic mass is 9.94. The first-order valence-electron chi connectivity index (χ1n) is 11.2. The molecule has 1 aromatic heterocycles. The molecule has 2 atom stereocenters. The van der Waals surface area contributed by atoms with E-state index in [0.29, 0.717) is 6.42 Å². The summed E-state index contributed by atoms with van der Waals surface area (Å²) in [6.07, 6.45) is 2.50. The Kier molecular flexibility index (Phi) is 9.25. The maximum Gasteiger partial charge on any atom is 0.311 e. The smallest absolute Gasteiger partial charge is 0.311 e. The Hall–Kier alpha value is -3.64. The van der Waals surface area contributed by atoms with Crippen LogP contribution < -0.4 is 5.32 Å². The number of aromatic amines is 1. The molecule has 2 N–H and O–H groups in total. The molecular formula is C24H27FN4O6S. The minimum absolute atomic E-state index is 0.0452. The fourth-order valence-electron chi connectivity index (χ4n) is 3.59. The van der Waals surface area contributed by atoms with Crippen LogP contribution >= 0.6 is 0 Å². The van der Waals surface area contributed by atoms with Crippen molar-refractivity contribution in [1.29, 1.82) is 0 Å². The van der Waals surface area contributed by atoms with E-state index in [0.717, 1.165) is 22.9 Å². The number of ether oxygens (including phenoxy) is 1. The van der Waals surface area contributed by atoms with Crippen LogP contribution in [0.15, 0.2) is 54.7 Å². The van der Waals surface area contributed by atoms with E-state index >= 15 is 0 Å². The van der Waals surface area contributed by atoms with E-state index in [9.17, 15) is 22.4 Å². The van der Waals surface area contributed by atoms with Crippen LogP contribution in [-0.2, 0) is 30.3 Å². The highest BCUT2D eigenvalue weighted by Crippen LogP contribution is 2.22. The number of nitrogens with one attached hydrogen (secondary N) is 2. The number of hydrogen-bond donors (Lipinski definition) is 2. The zero-order chi connectivity index (χ0) is 26.1. The van der Waals surface area contributed by atoms with E-state index < -0.39 is 40.6 Å². The van der Waals surface area contributed by atoms with Gasteiger partial charge in [0.25, 0.3) is 16.0 Å². The molecule has 0 spiro atoms. The monoisotopic (exact) mass is 518 g/mol. The van der Waals surface area contributed by atoms with E-state index in [2.05, 4.69) is 20.7 Å². The molecule has 2 unspecified atom stereocenters. The average Bonchev–Trinajstić information content (AvgIpc) is 3.37. The molecule has 0 bridgehead atoms. The molecule has 0 saturated heterocycles. The van der Waals surface area contributed by atoms with Crippen LogP contribution in [0.1, 0.15) is 29.4 Å². The average molecular weight is 519 g/mol. The molecular weight excluding hydrogens is 491 g/mol. The summed E-state index contributed by atoms with van der Waals surface area (Å²) < 4.78 is 46.6. The molecule has 36 heavy (non-hydrogen) atoms. The molecule has 192 valence electrons. The molecule has 3 rings (SSSR count). The first-order valence-corrected chi connectivity index (χ1v) is 13.0. The fraction of sp³-hybridized carbons (Fsp3) is 0.333. The van der Waals surface area contributed by atoms with Crippen molar-refractivity contribution in [3.05, 3.63) is 71.8 Å². The van der Waals surface area contributed by atoms with Crippen LogP contribution in [0.25, 0.3) is 11.1 Å². The minimum Gasteiger partial charge on any atom is -0.466 e. The molecule has 0 fully saturated rings. The van der Waals surface area contributed by atoms with Crippen molar-refractivity contribution in [3.8, 4) is 11.1 Å². The Labute approximate surface area is 208 Å². The van der Waals surface area contributed by atoms with Gasteiger partial charge in [0.05, 0.1) is 31.6 Å². The number of esters is 1. The number of H-pyrrole nitrogens is 1. The van der Waals surface area contributed by atoms with Crippen LogP contribution in [-0.4, -0.2) is 61.2 Å². The predicted molar refractivity (Wildman–Crippen MR) is 129 cm³/mol. The van der Waals surface area contributed by atoms with Gasteiger partial charge in [-0.05, 0) is 48.6 Å². The number of benzene rings is 2. The summed E-state index contributed by atoms with van der Waals surface area (Å²) in [6.45, 7) is 1.31. The largest absolute Gasteiger partial charge is 0.466 e. The second-order valence-corrected chi connectivity index (χ2v) is 9.75. The SMILES string of the molecule is CCOC(=O)C(COS(C)(=O)=O)CC(Cc1ccc(-c2cccc(F)c2)cc1)NC(=O)c1cn[nH]n1. The third kappa shape index (κ3) is 8.24. The normalized spacial score (nSPS) is 13.1. The number of halogens is 1. The van der Waals surface area contributed by atoms with Crippen molar-refractivity contribution in [2.75, 3.05) is 19.5 Å². The van der Waals surface area contributed by atoms with Gasteiger partial charge in [-0.25, -0.2) is 4.39 Å². The zero-order valence-corrected chi connectivity index (χ0v) is 20.6. The van der Waals surface area contributed by atoms with Gasteiger partial charge in [-0.1, -0.05) is 36.4 Å². The van der Waals surface area contributed by atoms with Crippen LogP contribution in [0.4, 0.5) is 4.39 Å². The summed E-state index contributed by atoms with van der Waals surface area (Å²) in [4.78, 5) is 25.2. The Morgan fingerprint density at radius 3 is 2.50 bits per heavy atom. The maximum atomic E-state index is 13.6. The summed E-state index contributed by atoms with van der Waals surface area (Å²) in [7, 11) is -3.80. The van der Waals surface area contributed by atoms with Crippen LogP contribution in [0.5, 0.6) is 0 Å². The van der Waals surface area contributed by atoms with Crippen molar-refractivity contribution >= 4 is 22.0 Å². The standard InChI is InChI=1S/C24H27FN4O6S/c1-3-34-24(31)19(15-35-36(2,32)33)13-21(27-23(30)22-14-26-29-28-22)11-16-7-9-17(10-8-16)18-5-4-6-20(25)12-18/h4-10,12,14,19,21H,3,11,13,15H2,1-2H3,(H,27,30)(H,26,28,29). The van der Waals surface area contributed by atoms with Gasteiger partial charge in [-0.15, -0.1) is 0 Å². The topological polar surface area (TPSA) is 140 Å². The van der Waals surface area contributed by atoms with Gasteiger partial charge in [0.2, 0.25) is 0 Å². The second kappa shape index (κ2) is 12.4. The summed E-state index contributed by atoms with van der Waals surface area (Å²) in [5, 5.41) is 12.6. The lowest BCUT2D eigenvalue weighted by molar-refractivity contribution is -0.149. The molecule has 0 saturated carbocycles. The van der Waals surface area contributed by atoms with Crippen molar-refractivity contribution in [2.45, 2.75) is 25.8 Å². The van der Waals surface area contributed by atoms with Crippen molar-refractivity contribution in [3.63, 3.8) is 0 Å². The number of amides is 1. The highest BCUT2D eigenvalue weighted by molar-refractivity contribution is 7.85. The molecule has 0 aliphatic heterocycles. The molecule has 0 aliphatic rings. The van der Waals surface area contributed by atoms with Gasteiger partial charge < -0.3 is 10.1 Å². The molecule has 1 heterocycles. The van der Waals surface area contributed by atoms with E-state index in [1.165, 1.54) is 18.3 Å². The second-order valence-electron chi connectivity index (χ2n) is 8.11. The van der Waals surface area contributed by atoms with E-state index in [1.54, 1.807) is 19.1 Å². The van der Waals surface area contributed by atoms with Gasteiger partial charge in [0.15, 0.2) is 5.69 Å². The first kappa shape index (κ1) is 27.0.